The summed E-state index contributed by atoms with van der Waals surface area (Å²) in [7, 11) is 0. The van der Waals surface area contributed by atoms with Crippen LogP contribution in [-0.4, -0.2) is 24.2 Å². The lowest BCUT2D eigenvalue weighted by atomic mass is 10.00. The summed E-state index contributed by atoms with van der Waals surface area (Å²) in [6, 6.07) is 5.74. The lowest BCUT2D eigenvalue weighted by Gasteiger charge is -2.29. The maximum absolute atomic E-state index is 12.0. The van der Waals surface area contributed by atoms with Crippen molar-refractivity contribution in [3.05, 3.63) is 23.8 Å². The first kappa shape index (κ1) is 12.9. The highest BCUT2D eigenvalue weighted by Crippen LogP contribution is 2.29. The van der Waals surface area contributed by atoms with Crippen molar-refractivity contribution in [2.24, 2.45) is 0 Å². The van der Waals surface area contributed by atoms with E-state index in [0.717, 1.165) is 49.2 Å². The number of hydrogen-bond acceptors (Lipinski definition) is 3. The van der Waals surface area contributed by atoms with E-state index in [9.17, 15) is 4.79 Å². The second-order valence-corrected chi connectivity index (χ2v) is 4.72. The number of benzene rings is 1. The molecule has 0 spiro atoms. The Bertz CT molecular complexity index is 432. The average molecular weight is 248 g/mol. The standard InChI is InChI=1S/C14H20N2O2/c15-12-5-6-13-11(10-12)4-7-14(18)16(13)8-2-1-3-9-17/h5-6,10,17H,1-4,7-9,15H2. The van der Waals surface area contributed by atoms with Crippen LogP contribution in [0.4, 0.5) is 11.4 Å². The van der Waals surface area contributed by atoms with Gasteiger partial charge in [0.25, 0.3) is 0 Å². The summed E-state index contributed by atoms with van der Waals surface area (Å²) in [5, 5.41) is 8.75. The smallest absolute Gasteiger partial charge is 0.227 e. The number of fused-ring (bicyclic) bond motifs is 1. The molecule has 1 aliphatic rings. The van der Waals surface area contributed by atoms with E-state index in [2.05, 4.69) is 0 Å². The van der Waals surface area contributed by atoms with Crippen molar-refractivity contribution in [3.63, 3.8) is 0 Å². The van der Waals surface area contributed by atoms with E-state index >= 15 is 0 Å². The second kappa shape index (κ2) is 5.87. The lowest BCUT2D eigenvalue weighted by Crippen LogP contribution is -2.35. The fourth-order valence-electron chi connectivity index (χ4n) is 2.38. The molecule has 1 amide bonds. The molecular weight excluding hydrogens is 228 g/mol. The third-order valence-corrected chi connectivity index (χ3v) is 3.34. The number of carbonyl (C=O) groups is 1. The molecule has 2 rings (SSSR count). The second-order valence-electron chi connectivity index (χ2n) is 4.72. The first-order chi connectivity index (χ1) is 8.72. The number of nitrogens with zero attached hydrogens (tertiary/aromatic N) is 1. The van der Waals surface area contributed by atoms with E-state index in [0.29, 0.717) is 6.42 Å². The van der Waals surface area contributed by atoms with Gasteiger partial charge in [-0.05, 0) is 49.4 Å². The number of hydrogen-bond donors (Lipinski definition) is 2. The summed E-state index contributed by atoms with van der Waals surface area (Å²) < 4.78 is 0. The minimum Gasteiger partial charge on any atom is -0.399 e. The van der Waals surface area contributed by atoms with Crippen molar-refractivity contribution in [1.29, 1.82) is 0 Å². The molecule has 0 aliphatic carbocycles. The largest absolute Gasteiger partial charge is 0.399 e. The minimum absolute atomic E-state index is 0.191. The van der Waals surface area contributed by atoms with Crippen LogP contribution >= 0.6 is 0 Å². The van der Waals surface area contributed by atoms with E-state index in [1.54, 1.807) is 0 Å². The predicted octanol–water partition coefficient (Wildman–Crippen LogP) is 1.71. The highest BCUT2D eigenvalue weighted by atomic mass is 16.2. The highest BCUT2D eigenvalue weighted by molar-refractivity contribution is 5.96. The van der Waals surface area contributed by atoms with E-state index in [-0.39, 0.29) is 12.5 Å². The predicted molar refractivity (Wildman–Crippen MR) is 72.5 cm³/mol. The molecule has 4 nitrogen and oxygen atoms in total. The van der Waals surface area contributed by atoms with Gasteiger partial charge >= 0.3 is 0 Å². The zero-order valence-corrected chi connectivity index (χ0v) is 10.6. The van der Waals surface area contributed by atoms with Crippen LogP contribution in [0.5, 0.6) is 0 Å². The Kier molecular flexibility index (Phi) is 4.20. The van der Waals surface area contributed by atoms with Gasteiger partial charge in [0, 0.05) is 30.9 Å². The van der Waals surface area contributed by atoms with Crippen LogP contribution in [0.15, 0.2) is 18.2 Å². The summed E-state index contributed by atoms with van der Waals surface area (Å²) in [6.07, 6.45) is 4.03. The molecular formula is C14H20N2O2. The zero-order chi connectivity index (χ0) is 13.0. The van der Waals surface area contributed by atoms with Crippen molar-refractivity contribution >= 4 is 17.3 Å². The molecule has 0 saturated carbocycles. The van der Waals surface area contributed by atoms with E-state index in [4.69, 9.17) is 10.8 Å². The molecule has 1 heterocycles. The maximum Gasteiger partial charge on any atom is 0.227 e. The first-order valence-corrected chi connectivity index (χ1v) is 6.52. The van der Waals surface area contributed by atoms with E-state index in [1.807, 2.05) is 23.1 Å². The average Bonchev–Trinajstić information content (AvgIpc) is 2.37. The number of aliphatic hydroxyl groups excluding tert-OH is 1. The monoisotopic (exact) mass is 248 g/mol. The van der Waals surface area contributed by atoms with Gasteiger partial charge in [-0.25, -0.2) is 0 Å². The van der Waals surface area contributed by atoms with Crippen LogP contribution in [0.1, 0.15) is 31.2 Å². The number of carbonyl (C=O) groups excluding carboxylic acids is 1. The maximum atomic E-state index is 12.0. The van der Waals surface area contributed by atoms with Gasteiger partial charge in [0.15, 0.2) is 0 Å². The number of amides is 1. The summed E-state index contributed by atoms with van der Waals surface area (Å²) in [5.41, 5.74) is 8.69. The molecule has 0 atom stereocenters. The van der Waals surface area contributed by atoms with Gasteiger partial charge in [-0.1, -0.05) is 0 Å². The van der Waals surface area contributed by atoms with E-state index in [1.165, 1.54) is 0 Å². The van der Waals surface area contributed by atoms with E-state index < -0.39 is 0 Å². The number of unbranched alkanes of at least 4 members (excludes halogenated alkanes) is 2. The molecule has 1 aromatic carbocycles. The zero-order valence-electron chi connectivity index (χ0n) is 10.6. The molecule has 4 heteroatoms. The normalized spacial score (nSPS) is 14.7. The molecule has 0 fully saturated rings. The van der Waals surface area contributed by atoms with Gasteiger partial charge in [-0.2, -0.15) is 0 Å². The van der Waals surface area contributed by atoms with Crippen molar-refractivity contribution in [2.75, 3.05) is 23.8 Å². The van der Waals surface area contributed by atoms with Crippen LogP contribution < -0.4 is 10.6 Å². The molecule has 18 heavy (non-hydrogen) atoms. The van der Waals surface area contributed by atoms with Crippen LogP contribution in [-0.2, 0) is 11.2 Å². The quantitative estimate of drug-likeness (QED) is 0.616. The fraction of sp³-hybridized carbons (Fsp3) is 0.500. The summed E-state index contributed by atoms with van der Waals surface area (Å²) >= 11 is 0. The summed E-state index contributed by atoms with van der Waals surface area (Å²) in [4.78, 5) is 13.8. The van der Waals surface area contributed by atoms with Gasteiger partial charge in [0.1, 0.15) is 0 Å². The third-order valence-electron chi connectivity index (χ3n) is 3.34. The van der Waals surface area contributed by atoms with Crippen molar-refractivity contribution in [1.82, 2.24) is 0 Å². The summed E-state index contributed by atoms with van der Waals surface area (Å²) in [6.45, 7) is 0.955. The highest BCUT2D eigenvalue weighted by Gasteiger charge is 2.23. The topological polar surface area (TPSA) is 66.6 Å². The van der Waals surface area contributed by atoms with Crippen molar-refractivity contribution in [3.8, 4) is 0 Å². The summed E-state index contributed by atoms with van der Waals surface area (Å²) in [5.74, 6) is 0.191. The Labute approximate surface area is 107 Å². The van der Waals surface area contributed by atoms with Gasteiger partial charge in [0.05, 0.1) is 0 Å². The first-order valence-electron chi connectivity index (χ1n) is 6.52. The van der Waals surface area contributed by atoms with Gasteiger partial charge in [-0.15, -0.1) is 0 Å². The molecule has 0 bridgehead atoms. The Morgan fingerprint density at radius 3 is 2.83 bits per heavy atom. The Morgan fingerprint density at radius 1 is 1.22 bits per heavy atom. The molecule has 1 aliphatic heterocycles. The molecule has 0 radical (unpaired) electrons. The molecule has 0 saturated heterocycles. The number of rotatable bonds is 5. The minimum atomic E-state index is 0.191. The fourth-order valence-corrected chi connectivity index (χ4v) is 2.38. The lowest BCUT2D eigenvalue weighted by molar-refractivity contribution is -0.118. The van der Waals surface area contributed by atoms with Crippen LogP contribution in [0, 0.1) is 0 Å². The Balaban J connectivity index is 2.08. The number of aliphatic hydroxyl groups is 1. The number of nitrogen functional groups attached to an aromatic ring is 1. The third kappa shape index (κ3) is 2.82. The van der Waals surface area contributed by atoms with Gasteiger partial charge in [-0.3, -0.25) is 4.79 Å². The SMILES string of the molecule is Nc1ccc2c(c1)CCC(=O)N2CCCCCO. The molecule has 0 unspecified atom stereocenters. The Morgan fingerprint density at radius 2 is 2.06 bits per heavy atom. The van der Waals surface area contributed by atoms with Crippen LogP contribution in [0.2, 0.25) is 0 Å². The van der Waals surface area contributed by atoms with Crippen molar-refractivity contribution in [2.45, 2.75) is 32.1 Å². The number of anilines is 2. The van der Waals surface area contributed by atoms with Gasteiger partial charge < -0.3 is 15.7 Å². The number of nitrogens with two attached hydrogens (primary N) is 1. The molecule has 3 N–H and O–H groups in total. The number of aryl methyl sites for hydroxylation is 1. The van der Waals surface area contributed by atoms with Crippen LogP contribution in [0.25, 0.3) is 0 Å². The molecule has 1 aromatic rings. The molecule has 98 valence electrons. The molecule has 0 aromatic heterocycles. The van der Waals surface area contributed by atoms with Gasteiger partial charge in [0.2, 0.25) is 5.91 Å². The Hall–Kier alpha value is -1.55. The van der Waals surface area contributed by atoms with Crippen molar-refractivity contribution < 1.29 is 9.90 Å². The van der Waals surface area contributed by atoms with Crippen LogP contribution in [0.3, 0.4) is 0 Å².